The van der Waals surface area contributed by atoms with Crippen molar-refractivity contribution in [3.63, 3.8) is 0 Å². The van der Waals surface area contributed by atoms with Crippen LogP contribution in [0.2, 0.25) is 0 Å². The van der Waals surface area contributed by atoms with Crippen LogP contribution in [0, 0.1) is 0 Å². The van der Waals surface area contributed by atoms with Gasteiger partial charge in [-0.2, -0.15) is 0 Å². The van der Waals surface area contributed by atoms with Crippen molar-refractivity contribution in [1.29, 1.82) is 0 Å². The van der Waals surface area contributed by atoms with Crippen LogP contribution >= 0.6 is 11.3 Å². The van der Waals surface area contributed by atoms with Crippen LogP contribution in [0.15, 0.2) is 47.8 Å². The minimum absolute atomic E-state index is 0.0841. The van der Waals surface area contributed by atoms with Crippen LogP contribution in [-0.2, 0) is 22.6 Å². The molecule has 29 heavy (non-hydrogen) atoms. The average Bonchev–Trinajstić information content (AvgIpc) is 3.23. The highest BCUT2D eigenvalue weighted by atomic mass is 32.1. The molecule has 2 aliphatic rings. The molecule has 1 atom stereocenters. The molecule has 1 spiro atoms. The normalized spacial score (nSPS) is 22.6. The lowest BCUT2D eigenvalue weighted by molar-refractivity contribution is -0.188. The molecule has 0 saturated carbocycles. The second kappa shape index (κ2) is 8.96. The van der Waals surface area contributed by atoms with Crippen LogP contribution in [0.3, 0.4) is 0 Å². The zero-order valence-electron chi connectivity index (χ0n) is 17.4. The van der Waals surface area contributed by atoms with Gasteiger partial charge in [0, 0.05) is 51.2 Å². The van der Waals surface area contributed by atoms with E-state index in [-0.39, 0.29) is 17.6 Å². The fraction of sp³-hybridized carbons (Fsp3) is 0.522. The summed E-state index contributed by atoms with van der Waals surface area (Å²) in [5, 5.41) is 2.14. The van der Waals surface area contributed by atoms with Crippen molar-refractivity contribution >= 4 is 17.2 Å². The van der Waals surface area contributed by atoms with Gasteiger partial charge in [0.2, 0.25) is 0 Å². The topological polar surface area (TPSA) is 36.0 Å². The molecule has 2 fully saturated rings. The summed E-state index contributed by atoms with van der Waals surface area (Å²) in [6.07, 6.45) is 1.58. The largest absolute Gasteiger partial charge is 0.359 e. The second-order valence-electron chi connectivity index (χ2n) is 8.52. The lowest BCUT2D eigenvalue weighted by atomic mass is 9.88. The molecule has 1 aromatic heterocycles. The lowest BCUT2D eigenvalue weighted by Gasteiger charge is -2.49. The maximum absolute atomic E-state index is 13.1. The molecular weight excluding hydrogens is 382 g/mol. The molecule has 0 aliphatic carbocycles. The van der Waals surface area contributed by atoms with Gasteiger partial charge < -0.3 is 14.5 Å². The van der Waals surface area contributed by atoms with E-state index in [1.807, 2.05) is 36.6 Å². The number of carbonyl (C=O) groups excluding carboxylic acids is 1. The highest BCUT2D eigenvalue weighted by Gasteiger charge is 2.44. The van der Waals surface area contributed by atoms with Crippen molar-refractivity contribution in [1.82, 2.24) is 14.7 Å². The van der Waals surface area contributed by atoms with Crippen molar-refractivity contribution in [2.24, 2.45) is 0 Å². The average molecular weight is 414 g/mol. The number of carbonyl (C=O) groups is 1. The Morgan fingerprint density at radius 2 is 1.97 bits per heavy atom. The fourth-order valence-electron chi connectivity index (χ4n) is 4.54. The number of piperidine rings is 1. The highest BCUT2D eigenvalue weighted by molar-refractivity contribution is 7.09. The molecule has 1 unspecified atom stereocenters. The Morgan fingerprint density at radius 1 is 1.21 bits per heavy atom. The molecule has 0 N–H and O–H groups in total. The van der Waals surface area contributed by atoms with Gasteiger partial charge in [-0.1, -0.05) is 36.4 Å². The first-order valence-corrected chi connectivity index (χ1v) is 11.3. The van der Waals surface area contributed by atoms with E-state index in [2.05, 4.69) is 46.5 Å². The summed E-state index contributed by atoms with van der Waals surface area (Å²) in [7, 11) is 3.99. The number of amides is 1. The predicted octanol–water partition coefficient (Wildman–Crippen LogP) is 3.07. The van der Waals surface area contributed by atoms with Crippen molar-refractivity contribution in [2.75, 3.05) is 40.3 Å². The number of hydrogen-bond acceptors (Lipinski definition) is 5. The van der Waals surface area contributed by atoms with Gasteiger partial charge in [0.05, 0.1) is 5.60 Å². The number of rotatable bonds is 5. The Bertz CT molecular complexity index is 788. The molecule has 1 amide bonds. The van der Waals surface area contributed by atoms with Gasteiger partial charge in [0.1, 0.15) is 6.10 Å². The third-order valence-corrected chi connectivity index (χ3v) is 6.93. The molecule has 0 bridgehead atoms. The van der Waals surface area contributed by atoms with Gasteiger partial charge in [-0.15, -0.1) is 11.3 Å². The molecule has 4 rings (SSSR count). The van der Waals surface area contributed by atoms with E-state index in [1.165, 1.54) is 4.88 Å². The van der Waals surface area contributed by atoms with Gasteiger partial charge in [-0.3, -0.25) is 9.69 Å². The zero-order chi connectivity index (χ0) is 20.3. The van der Waals surface area contributed by atoms with Crippen LogP contribution in [0.1, 0.15) is 23.3 Å². The molecular formula is C23H31N3O2S. The monoisotopic (exact) mass is 413 g/mol. The van der Waals surface area contributed by atoms with E-state index < -0.39 is 0 Å². The highest BCUT2D eigenvalue weighted by Crippen LogP contribution is 2.33. The van der Waals surface area contributed by atoms with Gasteiger partial charge in [-0.05, 0) is 36.9 Å². The molecule has 3 heterocycles. The number of nitrogens with zero attached hydrogens (tertiary/aromatic N) is 3. The molecule has 0 radical (unpaired) electrons. The van der Waals surface area contributed by atoms with E-state index in [4.69, 9.17) is 4.74 Å². The molecule has 156 valence electrons. The number of morpholine rings is 1. The van der Waals surface area contributed by atoms with Crippen molar-refractivity contribution in [3.05, 3.63) is 58.3 Å². The minimum atomic E-state index is -0.383. The summed E-state index contributed by atoms with van der Waals surface area (Å²) >= 11 is 1.82. The van der Waals surface area contributed by atoms with E-state index in [0.717, 1.165) is 44.6 Å². The molecule has 2 aliphatic heterocycles. The number of likely N-dealkylation sites (tertiary alicyclic amines) is 1. The van der Waals surface area contributed by atoms with Crippen LogP contribution in [0.4, 0.5) is 0 Å². The summed E-state index contributed by atoms with van der Waals surface area (Å²) < 4.78 is 6.53. The third-order valence-electron chi connectivity index (χ3n) is 6.07. The Kier molecular flexibility index (Phi) is 6.35. The molecule has 5 nitrogen and oxygen atoms in total. The summed E-state index contributed by atoms with van der Waals surface area (Å²) in [5.74, 6) is 0.0841. The first-order chi connectivity index (χ1) is 14.0. The number of thiophene rings is 1. The predicted molar refractivity (Wildman–Crippen MR) is 117 cm³/mol. The van der Waals surface area contributed by atoms with Crippen LogP contribution in [-0.4, -0.2) is 72.6 Å². The molecule has 2 saturated heterocycles. The Morgan fingerprint density at radius 3 is 2.66 bits per heavy atom. The fourth-order valence-corrected chi connectivity index (χ4v) is 5.29. The van der Waals surface area contributed by atoms with E-state index in [1.54, 1.807) is 4.90 Å². The van der Waals surface area contributed by atoms with E-state index in [9.17, 15) is 4.79 Å². The van der Waals surface area contributed by atoms with Crippen molar-refractivity contribution in [2.45, 2.75) is 37.6 Å². The van der Waals surface area contributed by atoms with Crippen LogP contribution < -0.4 is 0 Å². The molecule has 2 aromatic rings. The van der Waals surface area contributed by atoms with Gasteiger partial charge in [0.15, 0.2) is 0 Å². The van der Waals surface area contributed by atoms with E-state index in [0.29, 0.717) is 13.1 Å². The number of ether oxygens (including phenoxy) is 1. The minimum Gasteiger partial charge on any atom is -0.359 e. The Hall–Kier alpha value is -1.73. The SMILES string of the molecule is CN1CC(C(=O)N(C)Cc2ccccc2)OC2(CCN(Cc3cccs3)CC2)C1. The molecule has 6 heteroatoms. The van der Waals surface area contributed by atoms with Gasteiger partial charge in [-0.25, -0.2) is 0 Å². The number of hydrogen-bond donors (Lipinski definition) is 0. The smallest absolute Gasteiger partial charge is 0.253 e. The van der Waals surface area contributed by atoms with E-state index >= 15 is 0 Å². The van der Waals surface area contributed by atoms with Gasteiger partial charge in [0.25, 0.3) is 5.91 Å². The summed E-state index contributed by atoms with van der Waals surface area (Å²) in [6, 6.07) is 14.5. The van der Waals surface area contributed by atoms with Crippen molar-refractivity contribution in [3.8, 4) is 0 Å². The number of benzene rings is 1. The summed E-state index contributed by atoms with van der Waals surface area (Å²) in [4.78, 5) is 21.1. The summed E-state index contributed by atoms with van der Waals surface area (Å²) in [6.45, 7) is 5.25. The molecule has 1 aromatic carbocycles. The maximum atomic E-state index is 13.1. The lowest BCUT2D eigenvalue weighted by Crippen LogP contribution is -2.61. The Balaban J connectivity index is 1.36. The maximum Gasteiger partial charge on any atom is 0.253 e. The Labute approximate surface area is 177 Å². The van der Waals surface area contributed by atoms with Crippen molar-refractivity contribution < 1.29 is 9.53 Å². The standard InChI is InChI=1S/C23H31N3O2S/c1-24-17-21(22(27)25(2)15-19-7-4-3-5-8-19)28-23(18-24)10-12-26(13-11-23)16-20-9-6-14-29-20/h3-9,14,21H,10-13,15-18H2,1-2H3. The zero-order valence-corrected chi connectivity index (χ0v) is 18.2. The van der Waals surface area contributed by atoms with Gasteiger partial charge >= 0.3 is 0 Å². The number of likely N-dealkylation sites (N-methyl/N-ethyl adjacent to an activating group) is 2. The third kappa shape index (κ3) is 5.07. The first-order valence-electron chi connectivity index (χ1n) is 10.4. The second-order valence-corrected chi connectivity index (χ2v) is 9.55. The van der Waals surface area contributed by atoms with Crippen LogP contribution in [0.25, 0.3) is 0 Å². The quantitative estimate of drug-likeness (QED) is 0.755. The van der Waals surface area contributed by atoms with Crippen LogP contribution in [0.5, 0.6) is 0 Å². The summed E-state index contributed by atoms with van der Waals surface area (Å²) in [5.41, 5.74) is 0.941. The first kappa shape index (κ1) is 20.5.